The van der Waals surface area contributed by atoms with Gasteiger partial charge < -0.3 is 0 Å². The normalized spacial score (nSPS) is 11.9. The topological polar surface area (TPSA) is 0 Å². The third-order valence-electron chi connectivity index (χ3n) is 3.92. The average molecular weight is 288 g/mol. The van der Waals surface area contributed by atoms with E-state index in [-0.39, 0.29) is 0 Å². The highest BCUT2D eigenvalue weighted by atomic mass is 14.1. The van der Waals surface area contributed by atoms with Crippen molar-refractivity contribution >= 4 is 5.57 Å². The molecule has 0 N–H and O–H groups in total. The highest BCUT2D eigenvalue weighted by Gasteiger charge is 2.08. The number of aryl methyl sites for hydroxylation is 1. The van der Waals surface area contributed by atoms with Crippen LogP contribution in [0.5, 0.6) is 0 Å². The molecule has 0 saturated carbocycles. The summed E-state index contributed by atoms with van der Waals surface area (Å²) in [4.78, 5) is 0. The summed E-state index contributed by atoms with van der Waals surface area (Å²) < 4.78 is 0. The van der Waals surface area contributed by atoms with Crippen molar-refractivity contribution in [2.45, 2.75) is 27.7 Å². The summed E-state index contributed by atoms with van der Waals surface area (Å²) in [6, 6.07) is 15.1. The lowest BCUT2D eigenvalue weighted by Gasteiger charge is -2.13. The molecule has 0 unspecified atom stereocenters. The molecule has 0 radical (unpaired) electrons. The second-order valence-electron chi connectivity index (χ2n) is 5.85. The van der Waals surface area contributed by atoms with Crippen LogP contribution in [0.25, 0.3) is 16.7 Å². The number of allylic oxidation sites excluding steroid dienone is 5. The van der Waals surface area contributed by atoms with Gasteiger partial charge in [-0.3, -0.25) is 0 Å². The minimum atomic E-state index is 1.06. The Labute approximate surface area is 134 Å². The van der Waals surface area contributed by atoms with Crippen LogP contribution in [-0.4, -0.2) is 0 Å². The van der Waals surface area contributed by atoms with Crippen LogP contribution in [0.1, 0.15) is 30.5 Å². The smallest absolute Gasteiger partial charge is 0.0146 e. The largest absolute Gasteiger partial charge is 0.0961 e. The van der Waals surface area contributed by atoms with Crippen molar-refractivity contribution in [3.05, 3.63) is 89.5 Å². The molecule has 0 spiro atoms. The maximum absolute atomic E-state index is 3.89. The summed E-state index contributed by atoms with van der Waals surface area (Å²) in [5.74, 6) is 0. The van der Waals surface area contributed by atoms with Crippen LogP contribution >= 0.6 is 0 Å². The van der Waals surface area contributed by atoms with Gasteiger partial charge in [0.05, 0.1) is 0 Å². The fourth-order valence-corrected chi connectivity index (χ4v) is 2.68. The third kappa shape index (κ3) is 3.65. The Morgan fingerprint density at radius 1 is 0.909 bits per heavy atom. The summed E-state index contributed by atoms with van der Waals surface area (Å²) in [5, 5.41) is 0. The third-order valence-corrected chi connectivity index (χ3v) is 3.92. The standard InChI is InChI=1S/C22H24/c1-16(2)10-8-12-17(3)20-14-9-15-22(19(20)5)21-13-7-6-11-18(21)4/h6-15H,1H2,2-5H3/b10-8-,17-12+. The molecule has 2 aromatic rings. The van der Waals surface area contributed by atoms with Crippen LogP contribution in [0.3, 0.4) is 0 Å². The van der Waals surface area contributed by atoms with Gasteiger partial charge in [-0.25, -0.2) is 0 Å². The van der Waals surface area contributed by atoms with Crippen LogP contribution in [0.15, 0.2) is 72.8 Å². The van der Waals surface area contributed by atoms with Crippen molar-refractivity contribution in [3.8, 4) is 11.1 Å². The molecule has 0 atom stereocenters. The summed E-state index contributed by atoms with van der Waals surface area (Å²) in [5.41, 5.74) is 8.90. The molecule has 0 aliphatic heterocycles. The number of hydrogen-bond donors (Lipinski definition) is 0. The van der Waals surface area contributed by atoms with Gasteiger partial charge in [0.1, 0.15) is 0 Å². The van der Waals surface area contributed by atoms with Gasteiger partial charge in [-0.2, -0.15) is 0 Å². The van der Waals surface area contributed by atoms with Gasteiger partial charge in [0.2, 0.25) is 0 Å². The molecule has 0 heterocycles. The molecule has 22 heavy (non-hydrogen) atoms. The van der Waals surface area contributed by atoms with Gasteiger partial charge >= 0.3 is 0 Å². The second-order valence-corrected chi connectivity index (χ2v) is 5.85. The molecule has 0 saturated heterocycles. The predicted octanol–water partition coefficient (Wildman–Crippen LogP) is 6.51. The molecular weight excluding hydrogens is 264 g/mol. The lowest BCUT2D eigenvalue weighted by Crippen LogP contribution is -1.92. The predicted molar refractivity (Wildman–Crippen MR) is 99.0 cm³/mol. The molecule has 0 amide bonds. The van der Waals surface area contributed by atoms with Crippen molar-refractivity contribution in [3.63, 3.8) is 0 Å². The van der Waals surface area contributed by atoms with E-state index in [0.717, 1.165) is 5.57 Å². The SMILES string of the molecule is C=C(C)/C=C\C=C(/C)c1cccc(-c2ccccc2C)c1C. The highest BCUT2D eigenvalue weighted by Crippen LogP contribution is 2.31. The quantitative estimate of drug-likeness (QED) is 0.563. The Morgan fingerprint density at radius 2 is 1.59 bits per heavy atom. The van der Waals surface area contributed by atoms with Gasteiger partial charge in [0, 0.05) is 0 Å². The van der Waals surface area contributed by atoms with Gasteiger partial charge in [-0.15, -0.1) is 0 Å². The van der Waals surface area contributed by atoms with E-state index in [2.05, 4.69) is 82.0 Å². The molecule has 112 valence electrons. The summed E-state index contributed by atoms with van der Waals surface area (Å²) in [6.07, 6.45) is 6.25. The Hall–Kier alpha value is -2.34. The van der Waals surface area contributed by atoms with Crippen molar-refractivity contribution in [1.82, 2.24) is 0 Å². The number of benzene rings is 2. The van der Waals surface area contributed by atoms with Gasteiger partial charge in [0.15, 0.2) is 0 Å². The van der Waals surface area contributed by atoms with E-state index in [1.165, 1.54) is 33.4 Å². The maximum atomic E-state index is 3.89. The van der Waals surface area contributed by atoms with E-state index in [1.54, 1.807) is 0 Å². The van der Waals surface area contributed by atoms with E-state index in [4.69, 9.17) is 0 Å². The van der Waals surface area contributed by atoms with Crippen LogP contribution in [0.4, 0.5) is 0 Å². The van der Waals surface area contributed by atoms with E-state index in [9.17, 15) is 0 Å². The minimum Gasteiger partial charge on any atom is -0.0961 e. The summed E-state index contributed by atoms with van der Waals surface area (Å²) in [6.45, 7) is 12.4. The molecule has 0 heteroatoms. The van der Waals surface area contributed by atoms with E-state index in [0.29, 0.717) is 0 Å². The monoisotopic (exact) mass is 288 g/mol. The van der Waals surface area contributed by atoms with E-state index < -0.39 is 0 Å². The Balaban J connectivity index is 2.47. The second kappa shape index (κ2) is 7.09. The molecule has 2 rings (SSSR count). The molecule has 0 aliphatic rings. The number of hydrogen-bond acceptors (Lipinski definition) is 0. The average Bonchev–Trinajstić information content (AvgIpc) is 2.48. The lowest BCUT2D eigenvalue weighted by atomic mass is 9.91. The van der Waals surface area contributed by atoms with E-state index in [1.807, 2.05) is 13.0 Å². The molecule has 0 aliphatic carbocycles. The molecule has 0 fully saturated rings. The van der Waals surface area contributed by atoms with E-state index >= 15 is 0 Å². The van der Waals surface area contributed by atoms with Crippen molar-refractivity contribution in [1.29, 1.82) is 0 Å². The first kappa shape index (κ1) is 16.0. The summed E-state index contributed by atoms with van der Waals surface area (Å²) >= 11 is 0. The Kier molecular flexibility index (Phi) is 5.16. The van der Waals surface area contributed by atoms with Gasteiger partial charge in [-0.05, 0) is 61.1 Å². The fourth-order valence-electron chi connectivity index (χ4n) is 2.68. The van der Waals surface area contributed by atoms with Gasteiger partial charge in [-0.1, -0.05) is 72.8 Å². The van der Waals surface area contributed by atoms with Crippen molar-refractivity contribution in [2.24, 2.45) is 0 Å². The van der Waals surface area contributed by atoms with Crippen molar-refractivity contribution in [2.75, 3.05) is 0 Å². The van der Waals surface area contributed by atoms with Crippen LogP contribution in [-0.2, 0) is 0 Å². The zero-order valence-electron chi connectivity index (χ0n) is 14.0. The fraction of sp³-hybridized carbons (Fsp3) is 0.182. The van der Waals surface area contributed by atoms with Crippen LogP contribution < -0.4 is 0 Å². The number of rotatable bonds is 4. The lowest BCUT2D eigenvalue weighted by molar-refractivity contribution is 1.38. The first-order valence-corrected chi connectivity index (χ1v) is 7.67. The molecule has 0 bridgehead atoms. The Bertz CT molecular complexity index is 742. The first-order chi connectivity index (χ1) is 10.5. The molecule has 0 nitrogen and oxygen atoms in total. The summed E-state index contributed by atoms with van der Waals surface area (Å²) in [7, 11) is 0. The first-order valence-electron chi connectivity index (χ1n) is 7.67. The Morgan fingerprint density at radius 3 is 2.27 bits per heavy atom. The maximum Gasteiger partial charge on any atom is -0.0146 e. The molecule has 2 aromatic carbocycles. The molecule has 0 aromatic heterocycles. The zero-order chi connectivity index (χ0) is 16.1. The van der Waals surface area contributed by atoms with Crippen LogP contribution in [0, 0.1) is 13.8 Å². The van der Waals surface area contributed by atoms with Crippen LogP contribution in [0.2, 0.25) is 0 Å². The van der Waals surface area contributed by atoms with Crippen molar-refractivity contribution < 1.29 is 0 Å². The minimum absolute atomic E-state index is 1.06. The highest BCUT2D eigenvalue weighted by molar-refractivity contribution is 5.78. The molecular formula is C22H24. The zero-order valence-corrected chi connectivity index (χ0v) is 14.0. The van der Waals surface area contributed by atoms with Gasteiger partial charge in [0.25, 0.3) is 0 Å².